The van der Waals surface area contributed by atoms with E-state index in [0.29, 0.717) is 11.5 Å². The number of anilines is 3. The van der Waals surface area contributed by atoms with Crippen molar-refractivity contribution in [3.05, 3.63) is 53.3 Å². The van der Waals surface area contributed by atoms with E-state index in [1.165, 1.54) is 12.1 Å². The summed E-state index contributed by atoms with van der Waals surface area (Å²) in [4.78, 5) is 16.0. The maximum absolute atomic E-state index is 14.1. The first kappa shape index (κ1) is 17.0. The van der Waals surface area contributed by atoms with Gasteiger partial charge in [-0.15, -0.1) is 0 Å². The topological polar surface area (TPSA) is 80.5 Å². The molecule has 0 radical (unpaired) electrons. The molecule has 130 valence electrons. The first-order chi connectivity index (χ1) is 11.9. The number of nitrogens with zero attached hydrogens (tertiary/aromatic N) is 5. The quantitative estimate of drug-likeness (QED) is 0.674. The van der Waals surface area contributed by atoms with Gasteiger partial charge in [0.25, 0.3) is 0 Å². The van der Waals surface area contributed by atoms with Crippen molar-refractivity contribution in [3.8, 4) is 0 Å². The number of halogens is 3. The van der Waals surface area contributed by atoms with Crippen LogP contribution in [-0.4, -0.2) is 24.5 Å². The van der Waals surface area contributed by atoms with E-state index in [9.17, 15) is 8.78 Å². The fourth-order valence-electron chi connectivity index (χ4n) is 2.08. The third-order valence-electron chi connectivity index (χ3n) is 3.30. The van der Waals surface area contributed by atoms with Gasteiger partial charge in [-0.25, -0.2) is 9.37 Å². The number of hydrogen-bond donors (Lipinski definition) is 2. The van der Waals surface area contributed by atoms with Crippen molar-refractivity contribution in [1.29, 1.82) is 0 Å². The Balaban J connectivity index is 1.82. The molecule has 0 aliphatic heterocycles. The molecule has 3 heterocycles. The SMILES string of the molecule is CC(Nc1nc(Cl)c(F)c(Nc2cn(C)cn2)n1)c1ccc(F)cn1. The van der Waals surface area contributed by atoms with Gasteiger partial charge >= 0.3 is 0 Å². The molecule has 3 aromatic rings. The second-order valence-corrected chi connectivity index (χ2v) is 5.68. The van der Waals surface area contributed by atoms with Crippen LogP contribution in [0, 0.1) is 11.6 Å². The van der Waals surface area contributed by atoms with Gasteiger partial charge in [0.1, 0.15) is 11.6 Å². The Morgan fingerprint density at radius 2 is 2.00 bits per heavy atom. The average molecular weight is 366 g/mol. The molecule has 0 aliphatic carbocycles. The number of imidazole rings is 1. The minimum absolute atomic E-state index is 0.100. The lowest BCUT2D eigenvalue weighted by Crippen LogP contribution is -2.12. The monoisotopic (exact) mass is 365 g/mol. The number of aromatic nitrogens is 5. The van der Waals surface area contributed by atoms with Crippen LogP contribution in [0.5, 0.6) is 0 Å². The second-order valence-electron chi connectivity index (χ2n) is 5.32. The third kappa shape index (κ3) is 4.00. The predicted molar refractivity (Wildman–Crippen MR) is 89.7 cm³/mol. The molecule has 1 atom stereocenters. The van der Waals surface area contributed by atoms with Gasteiger partial charge < -0.3 is 15.2 Å². The Morgan fingerprint density at radius 1 is 1.20 bits per heavy atom. The van der Waals surface area contributed by atoms with Crippen LogP contribution >= 0.6 is 11.6 Å². The van der Waals surface area contributed by atoms with Crippen molar-refractivity contribution in [3.63, 3.8) is 0 Å². The highest BCUT2D eigenvalue weighted by atomic mass is 35.5. The van der Waals surface area contributed by atoms with Crippen molar-refractivity contribution in [1.82, 2.24) is 24.5 Å². The van der Waals surface area contributed by atoms with Gasteiger partial charge in [-0.2, -0.15) is 14.4 Å². The van der Waals surface area contributed by atoms with Crippen molar-refractivity contribution in [2.75, 3.05) is 10.6 Å². The summed E-state index contributed by atoms with van der Waals surface area (Å²) in [5.74, 6) is -0.816. The van der Waals surface area contributed by atoms with Crippen LogP contribution in [0.1, 0.15) is 18.7 Å². The lowest BCUT2D eigenvalue weighted by molar-refractivity contribution is 0.615. The first-order valence-corrected chi connectivity index (χ1v) is 7.66. The Morgan fingerprint density at radius 3 is 2.64 bits per heavy atom. The molecule has 0 aromatic carbocycles. The lowest BCUT2D eigenvalue weighted by atomic mass is 10.2. The van der Waals surface area contributed by atoms with Crippen LogP contribution in [0.25, 0.3) is 0 Å². The molecule has 0 saturated carbocycles. The molecule has 0 saturated heterocycles. The Kier molecular flexibility index (Phi) is 4.75. The highest BCUT2D eigenvalue weighted by molar-refractivity contribution is 6.29. The molecule has 0 amide bonds. The molecule has 10 heteroatoms. The van der Waals surface area contributed by atoms with Crippen molar-refractivity contribution in [2.45, 2.75) is 13.0 Å². The zero-order valence-electron chi connectivity index (χ0n) is 13.3. The maximum Gasteiger partial charge on any atom is 0.226 e. The van der Waals surface area contributed by atoms with Crippen LogP contribution in [-0.2, 0) is 7.05 Å². The average Bonchev–Trinajstić information content (AvgIpc) is 2.97. The summed E-state index contributed by atoms with van der Waals surface area (Å²) in [6.07, 6.45) is 4.33. The zero-order chi connectivity index (χ0) is 18.0. The minimum Gasteiger partial charge on any atom is -0.346 e. The summed E-state index contributed by atoms with van der Waals surface area (Å²) in [5, 5.41) is 5.36. The Labute approximate surface area is 147 Å². The molecule has 0 bridgehead atoms. The molecular formula is C15H14ClF2N7. The van der Waals surface area contributed by atoms with E-state index in [1.54, 1.807) is 31.1 Å². The number of pyridine rings is 1. The fourth-order valence-corrected chi connectivity index (χ4v) is 2.25. The second kappa shape index (κ2) is 6.98. The molecule has 3 aromatic heterocycles. The molecule has 0 fully saturated rings. The number of hydrogen-bond acceptors (Lipinski definition) is 6. The van der Waals surface area contributed by atoms with E-state index in [-0.39, 0.29) is 23.0 Å². The molecule has 3 rings (SSSR count). The summed E-state index contributed by atoms with van der Waals surface area (Å²) in [6.45, 7) is 1.78. The molecule has 0 aliphatic rings. The van der Waals surface area contributed by atoms with E-state index in [2.05, 4.69) is 30.6 Å². The van der Waals surface area contributed by atoms with E-state index in [4.69, 9.17) is 11.6 Å². The van der Waals surface area contributed by atoms with Crippen molar-refractivity contribution < 1.29 is 8.78 Å². The molecule has 1 unspecified atom stereocenters. The van der Waals surface area contributed by atoms with Crippen LogP contribution in [0.15, 0.2) is 30.9 Å². The molecule has 2 N–H and O–H groups in total. The van der Waals surface area contributed by atoms with E-state index < -0.39 is 11.6 Å². The maximum atomic E-state index is 14.1. The fraction of sp³-hybridized carbons (Fsp3) is 0.200. The Bertz CT molecular complexity index is 882. The Hall–Kier alpha value is -2.81. The summed E-state index contributed by atoms with van der Waals surface area (Å²) < 4.78 is 28.8. The van der Waals surface area contributed by atoms with Gasteiger partial charge in [-0.1, -0.05) is 11.6 Å². The zero-order valence-corrected chi connectivity index (χ0v) is 14.1. The van der Waals surface area contributed by atoms with E-state index >= 15 is 0 Å². The van der Waals surface area contributed by atoms with Crippen molar-refractivity contribution in [2.24, 2.45) is 7.05 Å². The molecular weight excluding hydrogens is 352 g/mol. The van der Waals surface area contributed by atoms with Crippen LogP contribution in [0.2, 0.25) is 5.15 Å². The van der Waals surface area contributed by atoms with Crippen LogP contribution in [0.3, 0.4) is 0 Å². The summed E-state index contributed by atoms with van der Waals surface area (Å²) in [6, 6.07) is 2.49. The smallest absolute Gasteiger partial charge is 0.226 e. The summed E-state index contributed by atoms with van der Waals surface area (Å²) >= 11 is 5.84. The van der Waals surface area contributed by atoms with Crippen LogP contribution < -0.4 is 10.6 Å². The first-order valence-electron chi connectivity index (χ1n) is 7.28. The molecule has 7 nitrogen and oxygen atoms in total. The molecule has 25 heavy (non-hydrogen) atoms. The highest BCUT2D eigenvalue weighted by Crippen LogP contribution is 2.25. The predicted octanol–water partition coefficient (Wildman–Crippen LogP) is 3.45. The summed E-state index contributed by atoms with van der Waals surface area (Å²) in [7, 11) is 1.78. The van der Waals surface area contributed by atoms with Crippen LogP contribution in [0.4, 0.5) is 26.4 Å². The normalized spacial score (nSPS) is 12.0. The van der Waals surface area contributed by atoms with Crippen molar-refractivity contribution >= 4 is 29.2 Å². The molecule has 0 spiro atoms. The number of rotatable bonds is 5. The van der Waals surface area contributed by atoms with E-state index in [0.717, 1.165) is 6.20 Å². The number of aryl methyl sites for hydroxylation is 1. The standard InChI is InChI=1S/C15H14ClF2N7/c1-8(10-4-3-9(17)5-19-10)21-15-23-13(16)12(18)14(24-15)22-11-6-25(2)7-20-11/h3-8H,1-2H3,(H2,21,22,23,24). The van der Waals surface area contributed by atoms with Gasteiger partial charge in [-0.05, 0) is 19.1 Å². The lowest BCUT2D eigenvalue weighted by Gasteiger charge is -2.14. The van der Waals surface area contributed by atoms with Gasteiger partial charge in [0.2, 0.25) is 11.8 Å². The minimum atomic E-state index is -0.787. The largest absolute Gasteiger partial charge is 0.346 e. The number of nitrogens with one attached hydrogen (secondary N) is 2. The van der Waals surface area contributed by atoms with Gasteiger partial charge in [-0.3, -0.25) is 4.98 Å². The van der Waals surface area contributed by atoms with Gasteiger partial charge in [0.05, 0.1) is 24.3 Å². The van der Waals surface area contributed by atoms with Gasteiger partial charge in [0, 0.05) is 13.2 Å². The summed E-state index contributed by atoms with van der Waals surface area (Å²) in [5.41, 5.74) is 0.574. The highest BCUT2D eigenvalue weighted by Gasteiger charge is 2.16. The third-order valence-corrected chi connectivity index (χ3v) is 3.55. The van der Waals surface area contributed by atoms with Gasteiger partial charge in [0.15, 0.2) is 11.0 Å². The van der Waals surface area contributed by atoms with E-state index in [1.807, 2.05) is 0 Å².